The quantitative estimate of drug-likeness (QED) is 0.585. The van der Waals surface area contributed by atoms with E-state index in [0.717, 1.165) is 17.8 Å². The highest BCUT2D eigenvalue weighted by Gasteiger charge is 2.69. The van der Waals surface area contributed by atoms with Crippen molar-refractivity contribution in [2.45, 2.75) is 48.5 Å². The summed E-state index contributed by atoms with van der Waals surface area (Å²) < 4.78 is 0. The Morgan fingerprint density at radius 1 is 0.833 bits per heavy atom. The van der Waals surface area contributed by atoms with Gasteiger partial charge in [-0.05, 0) is 28.6 Å². The van der Waals surface area contributed by atoms with Crippen LogP contribution in [0.5, 0.6) is 0 Å². The van der Waals surface area contributed by atoms with Crippen LogP contribution in [0.1, 0.15) is 48.5 Å². The van der Waals surface area contributed by atoms with Crippen molar-refractivity contribution in [2.75, 3.05) is 0 Å². The summed E-state index contributed by atoms with van der Waals surface area (Å²) in [6, 6.07) is 0. The van der Waals surface area contributed by atoms with Crippen LogP contribution in [0.25, 0.3) is 0 Å². The second-order valence-corrected chi connectivity index (χ2v) is 5.60. The first kappa shape index (κ1) is 10.1. The summed E-state index contributed by atoms with van der Waals surface area (Å²) >= 11 is 0. The summed E-state index contributed by atoms with van der Waals surface area (Å²) in [6.45, 7) is 16.8. The molecule has 0 aromatic heterocycles. The van der Waals surface area contributed by atoms with Crippen molar-refractivity contribution in [3.63, 3.8) is 0 Å². The predicted molar refractivity (Wildman–Crippen MR) is 55.1 cm³/mol. The Morgan fingerprint density at radius 2 is 1.08 bits per heavy atom. The monoisotopic (exact) mass is 168 g/mol. The van der Waals surface area contributed by atoms with E-state index in [1.54, 1.807) is 0 Å². The van der Waals surface area contributed by atoms with Gasteiger partial charge in [0.25, 0.3) is 0 Å². The lowest BCUT2D eigenvalue weighted by atomic mass is 9.80. The molecule has 0 aliphatic heterocycles. The van der Waals surface area contributed by atoms with Crippen LogP contribution in [-0.2, 0) is 0 Å². The zero-order valence-corrected chi connectivity index (χ0v) is 9.73. The molecule has 0 bridgehead atoms. The number of hydrogen-bond donors (Lipinski definition) is 0. The lowest BCUT2D eigenvalue weighted by Crippen LogP contribution is -2.18. The molecule has 0 spiro atoms. The second kappa shape index (κ2) is 2.49. The molecule has 0 radical (unpaired) electrons. The lowest BCUT2D eigenvalue weighted by molar-refractivity contribution is 0.235. The van der Waals surface area contributed by atoms with E-state index in [4.69, 9.17) is 0 Å². The third kappa shape index (κ3) is 0.843. The zero-order valence-electron chi connectivity index (χ0n) is 9.73. The molecule has 0 heteroatoms. The van der Waals surface area contributed by atoms with Crippen molar-refractivity contribution in [3.8, 4) is 0 Å². The van der Waals surface area contributed by atoms with Crippen molar-refractivity contribution < 1.29 is 0 Å². The van der Waals surface area contributed by atoms with Crippen LogP contribution >= 0.6 is 0 Å². The van der Waals surface area contributed by atoms with Gasteiger partial charge in [-0.1, -0.05) is 48.5 Å². The van der Waals surface area contributed by atoms with E-state index in [2.05, 4.69) is 48.5 Å². The molecule has 1 aliphatic carbocycles. The molecule has 0 aromatic carbocycles. The molecule has 72 valence electrons. The second-order valence-electron chi connectivity index (χ2n) is 5.60. The smallest absolute Gasteiger partial charge is 0.0213 e. The van der Waals surface area contributed by atoms with Gasteiger partial charge in [0.2, 0.25) is 0 Å². The van der Waals surface area contributed by atoms with Crippen molar-refractivity contribution in [1.29, 1.82) is 0 Å². The third-order valence-electron chi connectivity index (χ3n) is 5.28. The maximum absolute atomic E-state index is 2.46. The Hall–Kier alpha value is 0. The molecular formula is C12H24. The molecule has 0 aromatic rings. The molecule has 0 amide bonds. The largest absolute Gasteiger partial charge is 0.0622 e. The van der Waals surface area contributed by atoms with Crippen molar-refractivity contribution in [3.05, 3.63) is 0 Å². The molecule has 1 saturated carbocycles. The summed E-state index contributed by atoms with van der Waals surface area (Å²) in [4.78, 5) is 0. The minimum atomic E-state index is 0.584. The molecular weight excluding hydrogens is 144 g/mol. The first-order valence-corrected chi connectivity index (χ1v) is 5.29. The fourth-order valence-corrected chi connectivity index (χ4v) is 3.37. The van der Waals surface area contributed by atoms with Gasteiger partial charge in [0.1, 0.15) is 0 Å². The molecule has 0 heterocycles. The van der Waals surface area contributed by atoms with E-state index >= 15 is 0 Å². The highest BCUT2D eigenvalue weighted by molar-refractivity contribution is 5.17. The van der Waals surface area contributed by atoms with Gasteiger partial charge in [-0.25, -0.2) is 0 Å². The fourth-order valence-electron chi connectivity index (χ4n) is 3.37. The van der Waals surface area contributed by atoms with Crippen molar-refractivity contribution in [2.24, 2.45) is 28.6 Å². The molecule has 2 atom stereocenters. The first-order valence-electron chi connectivity index (χ1n) is 5.29. The predicted octanol–water partition coefficient (Wildman–Crippen LogP) is 3.96. The summed E-state index contributed by atoms with van der Waals surface area (Å²) in [7, 11) is 0. The van der Waals surface area contributed by atoms with Crippen molar-refractivity contribution >= 4 is 0 Å². The third-order valence-corrected chi connectivity index (χ3v) is 5.28. The van der Waals surface area contributed by atoms with Gasteiger partial charge >= 0.3 is 0 Å². The molecule has 2 unspecified atom stereocenters. The standard InChI is InChI=1S/C12H24/c1-8(2)11(6)10(5)12(11,7)9(3)4/h8-10H,1-7H3. The van der Waals surface area contributed by atoms with Crippen LogP contribution in [0.4, 0.5) is 0 Å². The van der Waals surface area contributed by atoms with E-state index in [1.165, 1.54) is 0 Å². The molecule has 1 aliphatic rings. The normalized spacial score (nSPS) is 47.2. The minimum Gasteiger partial charge on any atom is -0.0622 e. The summed E-state index contributed by atoms with van der Waals surface area (Å²) in [5, 5.41) is 0. The first-order chi connectivity index (χ1) is 5.29. The fraction of sp³-hybridized carbons (Fsp3) is 1.00. The van der Waals surface area contributed by atoms with Gasteiger partial charge in [-0.2, -0.15) is 0 Å². The average molecular weight is 168 g/mol. The van der Waals surface area contributed by atoms with Crippen LogP contribution in [0.3, 0.4) is 0 Å². The van der Waals surface area contributed by atoms with E-state index < -0.39 is 0 Å². The van der Waals surface area contributed by atoms with Gasteiger partial charge < -0.3 is 0 Å². The van der Waals surface area contributed by atoms with Gasteiger partial charge in [0.05, 0.1) is 0 Å². The Morgan fingerprint density at radius 3 is 1.17 bits per heavy atom. The van der Waals surface area contributed by atoms with Crippen molar-refractivity contribution in [1.82, 2.24) is 0 Å². The summed E-state index contributed by atoms with van der Waals surface area (Å²) in [6.07, 6.45) is 0. The Balaban J connectivity index is 2.88. The maximum Gasteiger partial charge on any atom is -0.0213 e. The SMILES string of the molecule is CC(C)C1(C)C(C)C1(C)C(C)C. The van der Waals surface area contributed by atoms with Crippen LogP contribution in [0, 0.1) is 28.6 Å². The average Bonchev–Trinajstić information content (AvgIpc) is 2.39. The van der Waals surface area contributed by atoms with Gasteiger partial charge in [0.15, 0.2) is 0 Å². The molecule has 0 N–H and O–H groups in total. The highest BCUT2D eigenvalue weighted by atomic mass is 14.7. The van der Waals surface area contributed by atoms with Crippen LogP contribution in [0.2, 0.25) is 0 Å². The van der Waals surface area contributed by atoms with E-state index in [0.29, 0.717) is 10.8 Å². The maximum atomic E-state index is 2.46. The molecule has 0 nitrogen and oxygen atoms in total. The molecule has 0 saturated heterocycles. The number of rotatable bonds is 2. The topological polar surface area (TPSA) is 0 Å². The lowest BCUT2D eigenvalue weighted by Gasteiger charge is -2.25. The van der Waals surface area contributed by atoms with Gasteiger partial charge in [-0.3, -0.25) is 0 Å². The molecule has 12 heavy (non-hydrogen) atoms. The summed E-state index contributed by atoms with van der Waals surface area (Å²) in [5.41, 5.74) is 1.17. The Bertz CT molecular complexity index is 160. The highest BCUT2D eigenvalue weighted by Crippen LogP contribution is 2.75. The Kier molecular flexibility index (Phi) is 2.10. The number of hydrogen-bond acceptors (Lipinski definition) is 0. The molecule has 1 fully saturated rings. The van der Waals surface area contributed by atoms with Crippen LogP contribution < -0.4 is 0 Å². The minimum absolute atomic E-state index is 0.584. The van der Waals surface area contributed by atoms with E-state index in [-0.39, 0.29) is 0 Å². The van der Waals surface area contributed by atoms with E-state index in [1.807, 2.05) is 0 Å². The van der Waals surface area contributed by atoms with Gasteiger partial charge in [-0.15, -0.1) is 0 Å². The summed E-state index contributed by atoms with van der Waals surface area (Å²) in [5.74, 6) is 2.53. The van der Waals surface area contributed by atoms with Gasteiger partial charge in [0, 0.05) is 0 Å². The molecule has 1 rings (SSSR count). The zero-order chi connectivity index (χ0) is 9.73. The van der Waals surface area contributed by atoms with Crippen LogP contribution in [-0.4, -0.2) is 0 Å². The Labute approximate surface area is 77.7 Å². The van der Waals surface area contributed by atoms with E-state index in [9.17, 15) is 0 Å². The van der Waals surface area contributed by atoms with Crippen LogP contribution in [0.15, 0.2) is 0 Å².